The summed E-state index contributed by atoms with van der Waals surface area (Å²) in [5.74, 6) is -0.0415. The van der Waals surface area contributed by atoms with Crippen molar-refractivity contribution >= 4 is 33.3 Å². The van der Waals surface area contributed by atoms with E-state index in [0.717, 1.165) is 22.7 Å². The topological polar surface area (TPSA) is 81.1 Å². The Bertz CT molecular complexity index is 1080. The number of rotatable bonds is 7. The summed E-state index contributed by atoms with van der Waals surface area (Å²) in [5.41, 5.74) is 3.00. The second-order valence-electron chi connectivity index (χ2n) is 6.43. The average Bonchev–Trinajstić information content (AvgIpc) is 3.01. The molecule has 0 saturated carbocycles. The van der Waals surface area contributed by atoms with Gasteiger partial charge in [-0.05, 0) is 36.8 Å². The first-order valence-electron chi connectivity index (χ1n) is 8.60. The Hall–Kier alpha value is -2.58. The van der Waals surface area contributed by atoms with Crippen molar-refractivity contribution in [2.24, 2.45) is 7.05 Å². The summed E-state index contributed by atoms with van der Waals surface area (Å²) in [6.07, 6.45) is 2.89. The number of nitrogens with zero attached hydrogens (tertiary/aromatic N) is 2. The fraction of sp³-hybridized carbons (Fsp3) is 0.200. The summed E-state index contributed by atoms with van der Waals surface area (Å²) in [4.78, 5) is 17.2. The van der Waals surface area contributed by atoms with Crippen LogP contribution < -0.4 is 4.72 Å². The van der Waals surface area contributed by atoms with Crippen molar-refractivity contribution in [2.45, 2.75) is 17.3 Å². The summed E-state index contributed by atoms with van der Waals surface area (Å²) in [6.45, 7) is 1.84. The van der Waals surface area contributed by atoms with Gasteiger partial charge in [-0.2, -0.15) is 0 Å². The summed E-state index contributed by atoms with van der Waals surface area (Å²) in [5, 5.41) is 0.425. The highest BCUT2D eigenvalue weighted by molar-refractivity contribution is 8.00. The van der Waals surface area contributed by atoms with Crippen LogP contribution in [0.3, 0.4) is 0 Å². The number of benzene rings is 2. The number of imidazole rings is 1. The molecule has 0 fully saturated rings. The van der Waals surface area contributed by atoms with Gasteiger partial charge in [0.1, 0.15) is 0 Å². The minimum atomic E-state index is -3.34. The van der Waals surface area contributed by atoms with Gasteiger partial charge < -0.3 is 4.57 Å². The molecule has 6 nitrogen and oxygen atoms in total. The molecule has 146 valence electrons. The number of sulfonamides is 1. The van der Waals surface area contributed by atoms with E-state index in [1.807, 2.05) is 48.9 Å². The Labute approximate surface area is 169 Å². The Balaban J connectivity index is 1.72. The van der Waals surface area contributed by atoms with Crippen LogP contribution in [-0.4, -0.2) is 35.3 Å². The number of aromatic nitrogens is 2. The maximum atomic E-state index is 12.7. The van der Waals surface area contributed by atoms with Gasteiger partial charge in [0.15, 0.2) is 10.9 Å². The van der Waals surface area contributed by atoms with Crippen molar-refractivity contribution < 1.29 is 13.2 Å². The molecular formula is C20H21N3O3S2. The van der Waals surface area contributed by atoms with Crippen molar-refractivity contribution in [3.8, 4) is 11.3 Å². The van der Waals surface area contributed by atoms with Crippen molar-refractivity contribution in [1.29, 1.82) is 0 Å². The quantitative estimate of drug-likeness (QED) is 0.469. The molecular weight excluding hydrogens is 394 g/mol. The molecule has 3 aromatic rings. The van der Waals surface area contributed by atoms with Crippen LogP contribution in [-0.2, 0) is 17.1 Å². The Morgan fingerprint density at radius 2 is 1.75 bits per heavy atom. The molecule has 3 rings (SSSR count). The molecule has 0 spiro atoms. The monoisotopic (exact) mass is 415 g/mol. The highest BCUT2D eigenvalue weighted by atomic mass is 32.2. The molecule has 1 heterocycles. The molecule has 28 heavy (non-hydrogen) atoms. The number of nitrogens with one attached hydrogen (secondary N) is 1. The lowest BCUT2D eigenvalue weighted by Crippen LogP contribution is -2.15. The van der Waals surface area contributed by atoms with Gasteiger partial charge in [-0.1, -0.05) is 42.1 Å². The zero-order valence-corrected chi connectivity index (χ0v) is 17.4. The number of ketones is 1. The highest BCUT2D eigenvalue weighted by Crippen LogP contribution is 2.29. The van der Waals surface area contributed by atoms with Crippen molar-refractivity contribution in [1.82, 2.24) is 9.55 Å². The normalized spacial score (nSPS) is 12.5. The zero-order chi connectivity index (χ0) is 20.3. The fourth-order valence-corrected chi connectivity index (χ4v) is 4.24. The van der Waals surface area contributed by atoms with Crippen LogP contribution in [0.4, 0.5) is 5.69 Å². The summed E-state index contributed by atoms with van der Waals surface area (Å²) in [7, 11) is -1.41. The van der Waals surface area contributed by atoms with E-state index in [9.17, 15) is 13.2 Å². The van der Waals surface area contributed by atoms with E-state index in [1.54, 1.807) is 30.5 Å². The molecule has 0 bridgehead atoms. The predicted molar refractivity (Wildman–Crippen MR) is 113 cm³/mol. The van der Waals surface area contributed by atoms with E-state index >= 15 is 0 Å². The number of Topliss-reactive ketones (excluding diaryl/α,β-unsaturated/α-hetero) is 1. The van der Waals surface area contributed by atoms with E-state index in [-0.39, 0.29) is 11.0 Å². The molecule has 0 aliphatic rings. The van der Waals surface area contributed by atoms with E-state index < -0.39 is 10.0 Å². The van der Waals surface area contributed by atoms with E-state index in [1.165, 1.54) is 11.8 Å². The Morgan fingerprint density at radius 1 is 1.11 bits per heavy atom. The average molecular weight is 416 g/mol. The largest absolute Gasteiger partial charge is 0.322 e. The first-order valence-corrected chi connectivity index (χ1v) is 11.4. The minimum Gasteiger partial charge on any atom is -0.322 e. The Morgan fingerprint density at radius 3 is 2.36 bits per heavy atom. The molecule has 2 aromatic carbocycles. The zero-order valence-electron chi connectivity index (χ0n) is 15.8. The Kier molecular flexibility index (Phi) is 5.90. The molecule has 0 radical (unpaired) electrons. The number of anilines is 1. The lowest BCUT2D eigenvalue weighted by Gasteiger charge is -2.12. The van der Waals surface area contributed by atoms with Crippen LogP contribution in [0.2, 0.25) is 0 Å². The third kappa shape index (κ3) is 4.82. The third-order valence-corrected chi connectivity index (χ3v) is 5.90. The number of carbonyl (C=O) groups is 1. The van der Waals surface area contributed by atoms with E-state index in [2.05, 4.69) is 9.71 Å². The molecule has 1 N–H and O–H groups in total. The summed E-state index contributed by atoms with van der Waals surface area (Å²) < 4.78 is 26.9. The standard InChI is InChI=1S/C20H21N3O3S2/c1-14(19(24)16-9-11-17(12-10-16)22-28(3,25)26)27-20-21-13-18(23(20)2)15-7-5-4-6-8-15/h4-14,22H,1-3H3. The summed E-state index contributed by atoms with van der Waals surface area (Å²) in [6, 6.07) is 16.4. The van der Waals surface area contributed by atoms with Gasteiger partial charge >= 0.3 is 0 Å². The van der Waals surface area contributed by atoms with Gasteiger partial charge in [0.05, 0.1) is 23.4 Å². The van der Waals surface area contributed by atoms with Crippen LogP contribution in [0.1, 0.15) is 17.3 Å². The molecule has 8 heteroatoms. The smallest absolute Gasteiger partial charge is 0.229 e. The summed E-state index contributed by atoms with van der Waals surface area (Å²) >= 11 is 1.39. The van der Waals surface area contributed by atoms with Gasteiger partial charge in [0, 0.05) is 18.3 Å². The molecule has 1 unspecified atom stereocenters. The van der Waals surface area contributed by atoms with Crippen molar-refractivity contribution in [3.63, 3.8) is 0 Å². The SMILES string of the molecule is CC(Sc1ncc(-c2ccccc2)n1C)C(=O)c1ccc(NS(C)(=O)=O)cc1. The highest BCUT2D eigenvalue weighted by Gasteiger charge is 2.20. The predicted octanol–water partition coefficient (Wildman–Crippen LogP) is 3.82. The fourth-order valence-electron chi connectivity index (χ4n) is 2.74. The third-order valence-electron chi connectivity index (χ3n) is 4.14. The number of hydrogen-bond donors (Lipinski definition) is 1. The molecule has 0 saturated heterocycles. The van der Waals surface area contributed by atoms with E-state index in [4.69, 9.17) is 0 Å². The van der Waals surface area contributed by atoms with Gasteiger partial charge in [0.2, 0.25) is 10.0 Å². The van der Waals surface area contributed by atoms with Gasteiger partial charge in [-0.3, -0.25) is 9.52 Å². The first kappa shape index (κ1) is 20.2. The van der Waals surface area contributed by atoms with Crippen molar-refractivity contribution in [3.05, 3.63) is 66.4 Å². The molecule has 0 aliphatic heterocycles. The number of hydrogen-bond acceptors (Lipinski definition) is 5. The molecule has 0 aliphatic carbocycles. The first-order chi connectivity index (χ1) is 13.2. The second-order valence-corrected chi connectivity index (χ2v) is 9.48. The van der Waals surface area contributed by atoms with Crippen LogP contribution in [0.5, 0.6) is 0 Å². The van der Waals surface area contributed by atoms with Gasteiger partial charge in [-0.25, -0.2) is 13.4 Å². The maximum Gasteiger partial charge on any atom is 0.229 e. The van der Waals surface area contributed by atoms with Crippen LogP contribution in [0, 0.1) is 0 Å². The molecule has 0 amide bonds. The van der Waals surface area contributed by atoms with Crippen LogP contribution in [0.15, 0.2) is 66.0 Å². The van der Waals surface area contributed by atoms with Gasteiger partial charge in [-0.15, -0.1) is 0 Å². The second kappa shape index (κ2) is 8.20. The van der Waals surface area contributed by atoms with Crippen LogP contribution >= 0.6 is 11.8 Å². The van der Waals surface area contributed by atoms with Crippen molar-refractivity contribution in [2.75, 3.05) is 11.0 Å². The van der Waals surface area contributed by atoms with Crippen LogP contribution in [0.25, 0.3) is 11.3 Å². The number of carbonyl (C=O) groups excluding carboxylic acids is 1. The van der Waals surface area contributed by atoms with Gasteiger partial charge in [0.25, 0.3) is 0 Å². The molecule has 1 atom stereocenters. The lowest BCUT2D eigenvalue weighted by atomic mass is 10.1. The number of thioether (sulfide) groups is 1. The van der Waals surface area contributed by atoms with E-state index in [0.29, 0.717) is 11.3 Å². The molecule has 1 aromatic heterocycles. The maximum absolute atomic E-state index is 12.7. The lowest BCUT2D eigenvalue weighted by molar-refractivity contribution is 0.0994. The minimum absolute atomic E-state index is 0.0415.